The van der Waals surface area contributed by atoms with Crippen LogP contribution in [0.25, 0.3) is 0 Å². The summed E-state index contributed by atoms with van der Waals surface area (Å²) in [5.41, 5.74) is 1.79. The van der Waals surface area contributed by atoms with Crippen LogP contribution in [-0.4, -0.2) is 18.4 Å². The third kappa shape index (κ3) is 5.58. The fourth-order valence-corrected chi connectivity index (χ4v) is 2.28. The molecule has 2 aromatic rings. The van der Waals surface area contributed by atoms with Gasteiger partial charge in [-0.2, -0.15) is 0 Å². The number of rotatable bonds is 5. The van der Waals surface area contributed by atoms with Gasteiger partial charge in [0, 0.05) is 23.1 Å². The molecule has 0 saturated heterocycles. The lowest BCUT2D eigenvalue weighted by molar-refractivity contribution is -0.139. The van der Waals surface area contributed by atoms with E-state index in [1.165, 1.54) is 0 Å². The monoisotopic (exact) mass is 350 g/mol. The van der Waals surface area contributed by atoms with Crippen LogP contribution in [0.5, 0.6) is 0 Å². The molecule has 2 N–H and O–H groups in total. The molecule has 0 atom stereocenters. The van der Waals surface area contributed by atoms with Gasteiger partial charge in [0.25, 0.3) is 0 Å². The van der Waals surface area contributed by atoms with Gasteiger partial charge in [0.2, 0.25) is 0 Å². The molecule has 0 heterocycles. The van der Waals surface area contributed by atoms with Gasteiger partial charge in [0.15, 0.2) is 0 Å². The van der Waals surface area contributed by atoms with Gasteiger partial charge in [-0.1, -0.05) is 53.5 Å². The van der Waals surface area contributed by atoms with Crippen LogP contribution in [0.4, 0.5) is 0 Å². The number of carbonyl (C=O) groups is 2. The Labute approximate surface area is 144 Å². The first kappa shape index (κ1) is 17.3. The lowest BCUT2D eigenvalue weighted by Crippen LogP contribution is -2.40. The van der Waals surface area contributed by atoms with E-state index in [0.29, 0.717) is 23.0 Å². The molecule has 120 valence electrons. The molecule has 2 amide bonds. The maximum Gasteiger partial charge on any atom is 0.309 e. The standard InChI is InChI=1S/C17H16Cl2N2O2/c18-14-7-5-12(6-8-14)9-10-20-16(22)17(23)21-11-13-3-1-2-4-15(13)19/h1-8H,9-11H2,(H,20,22)(H,21,23). The summed E-state index contributed by atoms with van der Waals surface area (Å²) >= 11 is 11.8. The van der Waals surface area contributed by atoms with Gasteiger partial charge < -0.3 is 10.6 Å². The van der Waals surface area contributed by atoms with Crippen LogP contribution < -0.4 is 10.6 Å². The van der Waals surface area contributed by atoms with Crippen LogP contribution in [0.15, 0.2) is 48.5 Å². The van der Waals surface area contributed by atoms with E-state index in [-0.39, 0.29) is 6.54 Å². The number of nitrogens with one attached hydrogen (secondary N) is 2. The third-order valence-corrected chi connectivity index (χ3v) is 3.84. The summed E-state index contributed by atoms with van der Waals surface area (Å²) in [5.74, 6) is -1.34. The minimum Gasteiger partial charge on any atom is -0.348 e. The Kier molecular flexibility index (Phi) is 6.44. The van der Waals surface area contributed by atoms with Gasteiger partial charge in [-0.05, 0) is 35.7 Å². The van der Waals surface area contributed by atoms with Gasteiger partial charge >= 0.3 is 11.8 Å². The summed E-state index contributed by atoms with van der Waals surface area (Å²) in [5, 5.41) is 6.34. The molecule has 0 bridgehead atoms. The van der Waals surface area contributed by atoms with Crippen molar-refractivity contribution in [3.63, 3.8) is 0 Å². The van der Waals surface area contributed by atoms with Crippen molar-refractivity contribution in [2.45, 2.75) is 13.0 Å². The van der Waals surface area contributed by atoms with Crippen molar-refractivity contribution < 1.29 is 9.59 Å². The van der Waals surface area contributed by atoms with Crippen molar-refractivity contribution >= 4 is 35.0 Å². The Balaban J connectivity index is 1.73. The van der Waals surface area contributed by atoms with Crippen LogP contribution in [0.3, 0.4) is 0 Å². The zero-order valence-electron chi connectivity index (χ0n) is 12.3. The molecule has 0 aliphatic heterocycles. The molecular weight excluding hydrogens is 335 g/mol. The van der Waals surface area contributed by atoms with Gasteiger partial charge in [-0.25, -0.2) is 0 Å². The molecule has 0 saturated carbocycles. The topological polar surface area (TPSA) is 58.2 Å². The average molecular weight is 351 g/mol. The molecule has 0 fully saturated rings. The highest BCUT2D eigenvalue weighted by Crippen LogP contribution is 2.14. The van der Waals surface area contributed by atoms with E-state index in [0.717, 1.165) is 11.1 Å². The smallest absolute Gasteiger partial charge is 0.309 e. The quantitative estimate of drug-likeness (QED) is 0.814. The van der Waals surface area contributed by atoms with E-state index < -0.39 is 11.8 Å². The first-order valence-electron chi connectivity index (χ1n) is 7.10. The second-order valence-corrected chi connectivity index (χ2v) is 5.75. The zero-order valence-corrected chi connectivity index (χ0v) is 13.8. The van der Waals surface area contributed by atoms with Crippen LogP contribution in [0.2, 0.25) is 10.0 Å². The van der Waals surface area contributed by atoms with E-state index in [1.807, 2.05) is 18.2 Å². The number of benzene rings is 2. The van der Waals surface area contributed by atoms with E-state index in [1.54, 1.807) is 30.3 Å². The summed E-state index contributed by atoms with van der Waals surface area (Å²) in [6.45, 7) is 0.586. The average Bonchev–Trinajstić information content (AvgIpc) is 2.55. The minimum absolute atomic E-state index is 0.211. The van der Waals surface area contributed by atoms with Crippen molar-refractivity contribution in [2.75, 3.05) is 6.54 Å². The Bertz CT molecular complexity index is 687. The molecule has 0 radical (unpaired) electrons. The van der Waals surface area contributed by atoms with E-state index in [9.17, 15) is 9.59 Å². The highest BCUT2D eigenvalue weighted by atomic mass is 35.5. The third-order valence-electron chi connectivity index (χ3n) is 3.22. The van der Waals surface area contributed by atoms with E-state index in [4.69, 9.17) is 23.2 Å². The fourth-order valence-electron chi connectivity index (χ4n) is 1.95. The van der Waals surface area contributed by atoms with Crippen LogP contribution >= 0.6 is 23.2 Å². The first-order valence-corrected chi connectivity index (χ1v) is 7.86. The Hall–Kier alpha value is -2.04. The first-order chi connectivity index (χ1) is 11.1. The summed E-state index contributed by atoms with van der Waals surface area (Å²) in [6, 6.07) is 14.5. The molecule has 0 aliphatic carbocycles. The van der Waals surface area contributed by atoms with Gasteiger partial charge in [0.05, 0.1) is 0 Å². The Morgan fingerprint density at radius 2 is 1.52 bits per heavy atom. The molecule has 0 unspecified atom stereocenters. The predicted molar refractivity (Wildman–Crippen MR) is 91.5 cm³/mol. The van der Waals surface area contributed by atoms with Crippen LogP contribution in [-0.2, 0) is 22.6 Å². The highest BCUT2D eigenvalue weighted by molar-refractivity contribution is 6.35. The molecule has 0 spiro atoms. The van der Waals surface area contributed by atoms with Crippen molar-refractivity contribution in [2.24, 2.45) is 0 Å². The Morgan fingerprint density at radius 3 is 2.22 bits per heavy atom. The summed E-state index contributed by atoms with van der Waals surface area (Å²) < 4.78 is 0. The number of carbonyl (C=O) groups excluding carboxylic acids is 2. The number of hydrogen-bond donors (Lipinski definition) is 2. The molecule has 0 aliphatic rings. The zero-order chi connectivity index (χ0) is 16.7. The Morgan fingerprint density at radius 1 is 0.870 bits per heavy atom. The maximum atomic E-state index is 11.7. The van der Waals surface area contributed by atoms with Crippen LogP contribution in [0, 0.1) is 0 Å². The molecule has 0 aromatic heterocycles. The van der Waals surface area contributed by atoms with Crippen molar-refractivity contribution in [3.8, 4) is 0 Å². The van der Waals surface area contributed by atoms with Gasteiger partial charge in [-0.3, -0.25) is 9.59 Å². The summed E-state index contributed by atoms with van der Waals surface area (Å²) in [7, 11) is 0. The largest absolute Gasteiger partial charge is 0.348 e. The van der Waals surface area contributed by atoms with Crippen molar-refractivity contribution in [1.29, 1.82) is 0 Å². The highest BCUT2D eigenvalue weighted by Gasteiger charge is 2.12. The molecule has 4 nitrogen and oxygen atoms in total. The molecule has 2 rings (SSSR count). The van der Waals surface area contributed by atoms with Crippen molar-refractivity contribution in [1.82, 2.24) is 10.6 Å². The van der Waals surface area contributed by atoms with E-state index >= 15 is 0 Å². The second kappa shape index (κ2) is 8.56. The lowest BCUT2D eigenvalue weighted by atomic mass is 10.1. The lowest BCUT2D eigenvalue weighted by Gasteiger charge is -2.08. The molecule has 6 heteroatoms. The second-order valence-electron chi connectivity index (χ2n) is 4.91. The van der Waals surface area contributed by atoms with Crippen LogP contribution in [0.1, 0.15) is 11.1 Å². The van der Waals surface area contributed by atoms with Gasteiger partial charge in [-0.15, -0.1) is 0 Å². The minimum atomic E-state index is -0.680. The SMILES string of the molecule is O=C(NCCc1ccc(Cl)cc1)C(=O)NCc1ccccc1Cl. The fraction of sp³-hybridized carbons (Fsp3) is 0.176. The number of halogens is 2. The summed E-state index contributed by atoms with van der Waals surface area (Å²) in [6.07, 6.45) is 0.626. The summed E-state index contributed by atoms with van der Waals surface area (Å²) in [4.78, 5) is 23.4. The molecular formula is C17H16Cl2N2O2. The molecule has 23 heavy (non-hydrogen) atoms. The molecule has 2 aromatic carbocycles. The normalized spacial score (nSPS) is 10.2. The maximum absolute atomic E-state index is 11.7. The van der Waals surface area contributed by atoms with E-state index in [2.05, 4.69) is 10.6 Å². The van der Waals surface area contributed by atoms with Gasteiger partial charge in [0.1, 0.15) is 0 Å². The predicted octanol–water partition coefficient (Wildman–Crippen LogP) is 2.97. The van der Waals surface area contributed by atoms with Crippen molar-refractivity contribution in [3.05, 3.63) is 69.7 Å². The number of amides is 2. The number of hydrogen-bond acceptors (Lipinski definition) is 2.